The zero-order valence-corrected chi connectivity index (χ0v) is 12.5. The summed E-state index contributed by atoms with van der Waals surface area (Å²) in [6.07, 6.45) is 2.68. The molecule has 0 radical (unpaired) electrons. The molecule has 1 amide bonds. The molecule has 0 saturated heterocycles. The van der Waals surface area contributed by atoms with Crippen molar-refractivity contribution in [3.05, 3.63) is 46.3 Å². The molecule has 2 heterocycles. The summed E-state index contributed by atoms with van der Waals surface area (Å²) in [5.41, 5.74) is 1.75. The maximum absolute atomic E-state index is 12.2. The van der Waals surface area contributed by atoms with Crippen LogP contribution in [-0.4, -0.2) is 17.4 Å². The molecule has 0 aliphatic rings. The fraction of sp³-hybridized carbons (Fsp3) is 0.333. The minimum atomic E-state index is -0.0781. The third kappa shape index (κ3) is 3.81. The summed E-state index contributed by atoms with van der Waals surface area (Å²) >= 11 is 1.63. The van der Waals surface area contributed by atoms with Gasteiger partial charge in [0.05, 0.1) is 6.04 Å². The van der Waals surface area contributed by atoms with Crippen LogP contribution in [0.15, 0.2) is 35.2 Å². The topological polar surface area (TPSA) is 54.0 Å². The maximum Gasteiger partial charge on any atom is 0.251 e. The van der Waals surface area contributed by atoms with E-state index in [-0.39, 0.29) is 11.9 Å². The minimum Gasteiger partial charge on any atom is -0.370 e. The van der Waals surface area contributed by atoms with E-state index in [2.05, 4.69) is 22.5 Å². The van der Waals surface area contributed by atoms with Crippen molar-refractivity contribution in [1.29, 1.82) is 0 Å². The molecule has 2 rings (SSSR count). The van der Waals surface area contributed by atoms with Gasteiger partial charge in [-0.2, -0.15) is 11.3 Å². The van der Waals surface area contributed by atoms with Crippen LogP contribution >= 0.6 is 11.3 Å². The van der Waals surface area contributed by atoms with Gasteiger partial charge in [-0.15, -0.1) is 0 Å². The third-order valence-corrected chi connectivity index (χ3v) is 3.67. The SMILES string of the molecule is CCCNc1cc(C(=O)NC(C)c2ccsc2)ccn1. The molecule has 0 saturated carbocycles. The molecule has 0 bridgehead atoms. The summed E-state index contributed by atoms with van der Waals surface area (Å²) in [6, 6.07) is 5.54. The predicted molar refractivity (Wildman–Crippen MR) is 83.2 cm³/mol. The molecule has 4 nitrogen and oxygen atoms in total. The molecule has 1 atom stereocenters. The number of thiophene rings is 1. The van der Waals surface area contributed by atoms with Crippen LogP contribution in [0.3, 0.4) is 0 Å². The number of carbonyl (C=O) groups is 1. The van der Waals surface area contributed by atoms with E-state index in [1.807, 2.05) is 23.8 Å². The molecule has 0 aliphatic carbocycles. The Morgan fingerprint density at radius 3 is 3.00 bits per heavy atom. The molecule has 0 aliphatic heterocycles. The van der Waals surface area contributed by atoms with Gasteiger partial charge in [0.1, 0.15) is 5.82 Å². The molecular weight excluding hydrogens is 270 g/mol. The first kappa shape index (κ1) is 14.5. The van der Waals surface area contributed by atoms with Crippen molar-refractivity contribution < 1.29 is 4.79 Å². The maximum atomic E-state index is 12.2. The van der Waals surface area contributed by atoms with Crippen LogP contribution in [0.4, 0.5) is 5.82 Å². The Balaban J connectivity index is 2.01. The van der Waals surface area contributed by atoms with E-state index in [1.165, 1.54) is 0 Å². The Kier molecular flexibility index (Phi) is 5.12. The Morgan fingerprint density at radius 2 is 2.30 bits per heavy atom. The molecule has 0 spiro atoms. The number of rotatable bonds is 6. The van der Waals surface area contributed by atoms with Crippen LogP contribution in [0.5, 0.6) is 0 Å². The number of hydrogen-bond acceptors (Lipinski definition) is 4. The van der Waals surface area contributed by atoms with Crippen molar-refractivity contribution in [1.82, 2.24) is 10.3 Å². The number of nitrogens with zero attached hydrogens (tertiary/aromatic N) is 1. The minimum absolute atomic E-state index is 0.00830. The second kappa shape index (κ2) is 7.05. The second-order valence-electron chi connectivity index (χ2n) is 4.61. The number of nitrogens with one attached hydrogen (secondary N) is 2. The van der Waals surface area contributed by atoms with E-state index in [4.69, 9.17) is 0 Å². The molecule has 1 unspecified atom stereocenters. The smallest absolute Gasteiger partial charge is 0.251 e. The lowest BCUT2D eigenvalue weighted by Crippen LogP contribution is -2.26. The highest BCUT2D eigenvalue weighted by atomic mass is 32.1. The van der Waals surface area contributed by atoms with Crippen LogP contribution in [0.25, 0.3) is 0 Å². The van der Waals surface area contributed by atoms with Crippen LogP contribution in [0.1, 0.15) is 42.2 Å². The molecule has 2 N–H and O–H groups in total. The monoisotopic (exact) mass is 289 g/mol. The largest absolute Gasteiger partial charge is 0.370 e. The van der Waals surface area contributed by atoms with E-state index < -0.39 is 0 Å². The van der Waals surface area contributed by atoms with E-state index >= 15 is 0 Å². The highest BCUT2D eigenvalue weighted by Gasteiger charge is 2.12. The van der Waals surface area contributed by atoms with Gasteiger partial charge in [0.25, 0.3) is 5.91 Å². The fourth-order valence-corrected chi connectivity index (χ4v) is 2.56. The number of carbonyl (C=O) groups excluding carboxylic acids is 1. The summed E-state index contributed by atoms with van der Waals surface area (Å²) in [4.78, 5) is 16.4. The molecule has 0 aromatic carbocycles. The average molecular weight is 289 g/mol. The van der Waals surface area contributed by atoms with E-state index in [9.17, 15) is 4.79 Å². The van der Waals surface area contributed by atoms with Crippen LogP contribution in [0, 0.1) is 0 Å². The Bertz CT molecular complexity index is 554. The van der Waals surface area contributed by atoms with Gasteiger partial charge in [0.2, 0.25) is 0 Å². The summed E-state index contributed by atoms with van der Waals surface area (Å²) in [6.45, 7) is 4.92. The highest BCUT2D eigenvalue weighted by Crippen LogP contribution is 2.16. The molecule has 5 heteroatoms. The fourth-order valence-electron chi connectivity index (χ4n) is 1.81. The Hall–Kier alpha value is -1.88. The highest BCUT2D eigenvalue weighted by molar-refractivity contribution is 7.07. The van der Waals surface area contributed by atoms with Crippen molar-refractivity contribution in [2.75, 3.05) is 11.9 Å². The summed E-state index contributed by atoms with van der Waals surface area (Å²) in [7, 11) is 0. The van der Waals surface area contributed by atoms with Gasteiger partial charge in [0.15, 0.2) is 0 Å². The average Bonchev–Trinajstić information content (AvgIpc) is 2.99. The van der Waals surface area contributed by atoms with Crippen LogP contribution < -0.4 is 10.6 Å². The third-order valence-electron chi connectivity index (χ3n) is 2.97. The van der Waals surface area contributed by atoms with Gasteiger partial charge in [0, 0.05) is 18.3 Å². The number of aromatic nitrogens is 1. The first-order chi connectivity index (χ1) is 9.70. The van der Waals surface area contributed by atoms with Crippen molar-refractivity contribution in [2.24, 2.45) is 0 Å². The number of anilines is 1. The van der Waals surface area contributed by atoms with E-state index in [0.717, 1.165) is 24.3 Å². The molecule has 106 valence electrons. The van der Waals surface area contributed by atoms with Crippen LogP contribution in [0.2, 0.25) is 0 Å². The number of amides is 1. The van der Waals surface area contributed by atoms with Gasteiger partial charge in [-0.25, -0.2) is 4.98 Å². The predicted octanol–water partition coefficient (Wildman–Crippen LogP) is 3.46. The van der Waals surface area contributed by atoms with Gasteiger partial charge in [-0.1, -0.05) is 6.92 Å². The van der Waals surface area contributed by atoms with Gasteiger partial charge in [-0.3, -0.25) is 4.79 Å². The summed E-state index contributed by atoms with van der Waals surface area (Å²) in [5.74, 6) is 0.660. The molecule has 20 heavy (non-hydrogen) atoms. The quantitative estimate of drug-likeness (QED) is 0.856. The number of pyridine rings is 1. The Morgan fingerprint density at radius 1 is 1.45 bits per heavy atom. The van der Waals surface area contributed by atoms with Gasteiger partial charge in [-0.05, 0) is 47.9 Å². The second-order valence-corrected chi connectivity index (χ2v) is 5.39. The summed E-state index contributed by atoms with van der Waals surface area (Å²) in [5, 5.41) is 10.2. The standard InChI is InChI=1S/C15H19N3OS/c1-3-6-16-14-9-12(4-7-17-14)15(19)18-11(2)13-5-8-20-10-13/h4-5,7-11H,3,6H2,1-2H3,(H,16,17)(H,18,19). The van der Waals surface area contributed by atoms with Crippen molar-refractivity contribution in [2.45, 2.75) is 26.3 Å². The first-order valence-electron chi connectivity index (χ1n) is 6.73. The molecule has 2 aromatic rings. The molecule has 2 aromatic heterocycles. The number of hydrogen-bond donors (Lipinski definition) is 2. The van der Waals surface area contributed by atoms with Crippen LogP contribution in [-0.2, 0) is 0 Å². The lowest BCUT2D eigenvalue weighted by atomic mass is 10.1. The normalized spacial score (nSPS) is 11.9. The van der Waals surface area contributed by atoms with E-state index in [1.54, 1.807) is 29.7 Å². The van der Waals surface area contributed by atoms with Crippen molar-refractivity contribution >= 4 is 23.1 Å². The van der Waals surface area contributed by atoms with Gasteiger partial charge >= 0.3 is 0 Å². The summed E-state index contributed by atoms with van der Waals surface area (Å²) < 4.78 is 0. The van der Waals surface area contributed by atoms with Gasteiger partial charge < -0.3 is 10.6 Å². The zero-order valence-electron chi connectivity index (χ0n) is 11.7. The molecule has 0 fully saturated rings. The zero-order chi connectivity index (χ0) is 14.4. The first-order valence-corrected chi connectivity index (χ1v) is 7.68. The lowest BCUT2D eigenvalue weighted by molar-refractivity contribution is 0.0940. The lowest BCUT2D eigenvalue weighted by Gasteiger charge is -2.13. The van der Waals surface area contributed by atoms with Crippen molar-refractivity contribution in [3.63, 3.8) is 0 Å². The van der Waals surface area contributed by atoms with E-state index in [0.29, 0.717) is 5.56 Å². The molecular formula is C15H19N3OS. The van der Waals surface area contributed by atoms with Crippen molar-refractivity contribution in [3.8, 4) is 0 Å². The Labute approximate surface area is 123 Å².